The molecule has 0 radical (unpaired) electrons. The van der Waals surface area contributed by atoms with Gasteiger partial charge in [-0.2, -0.15) is 0 Å². The highest BCUT2D eigenvalue weighted by atomic mass is 16.5. The van der Waals surface area contributed by atoms with E-state index in [1.165, 1.54) is 4.90 Å². The fourth-order valence-electron chi connectivity index (χ4n) is 4.04. The molecule has 1 atom stereocenters. The molecule has 1 saturated heterocycles. The van der Waals surface area contributed by atoms with E-state index in [-0.39, 0.29) is 11.3 Å². The first kappa shape index (κ1) is 21.3. The quantitative estimate of drug-likeness (QED) is 0.361. The minimum Gasteiger partial charge on any atom is -0.507 e. The maximum atomic E-state index is 13.2. The summed E-state index contributed by atoms with van der Waals surface area (Å²) in [5.41, 5.74) is 3.45. The monoisotopic (exact) mass is 428 g/mol. The number of ketones is 1. The van der Waals surface area contributed by atoms with Crippen LogP contribution >= 0.6 is 0 Å². The number of amides is 1. The Kier molecular flexibility index (Phi) is 5.77. The average Bonchev–Trinajstić information content (AvgIpc) is 3.05. The summed E-state index contributed by atoms with van der Waals surface area (Å²) < 4.78 is 5.45. The van der Waals surface area contributed by atoms with Crippen molar-refractivity contribution in [1.29, 1.82) is 0 Å². The molecule has 0 saturated carbocycles. The lowest BCUT2D eigenvalue weighted by Crippen LogP contribution is -2.30. The van der Waals surface area contributed by atoms with E-state index in [1.807, 2.05) is 39.0 Å². The van der Waals surface area contributed by atoms with Crippen molar-refractivity contribution in [2.45, 2.75) is 26.8 Å². The molecule has 0 spiro atoms. The molecule has 2 heterocycles. The van der Waals surface area contributed by atoms with Gasteiger partial charge in [-0.1, -0.05) is 12.1 Å². The van der Waals surface area contributed by atoms with Gasteiger partial charge in [-0.05, 0) is 80.4 Å². The van der Waals surface area contributed by atoms with Gasteiger partial charge in [-0.15, -0.1) is 0 Å². The summed E-state index contributed by atoms with van der Waals surface area (Å²) in [6, 6.07) is 16.9. The smallest absolute Gasteiger partial charge is 0.300 e. The van der Waals surface area contributed by atoms with Crippen LogP contribution in [-0.4, -0.2) is 28.4 Å². The summed E-state index contributed by atoms with van der Waals surface area (Å²) in [5, 5.41) is 11.1. The zero-order valence-electron chi connectivity index (χ0n) is 18.2. The van der Waals surface area contributed by atoms with Crippen molar-refractivity contribution in [1.82, 2.24) is 4.98 Å². The molecule has 1 aliphatic heterocycles. The van der Waals surface area contributed by atoms with E-state index >= 15 is 0 Å². The number of Topliss-reactive ketones (excluding diaryl/α,β-unsaturated/α-hetero) is 1. The van der Waals surface area contributed by atoms with E-state index in [9.17, 15) is 14.7 Å². The number of ether oxygens (including phenoxy) is 1. The van der Waals surface area contributed by atoms with Crippen molar-refractivity contribution < 1.29 is 19.4 Å². The lowest BCUT2D eigenvalue weighted by molar-refractivity contribution is -0.132. The van der Waals surface area contributed by atoms with Gasteiger partial charge in [0.2, 0.25) is 0 Å². The third kappa shape index (κ3) is 3.87. The van der Waals surface area contributed by atoms with Crippen molar-refractivity contribution in [3.05, 3.63) is 94.8 Å². The molecular weight excluding hydrogens is 404 g/mol. The fraction of sp³-hybridized carbons (Fsp3) is 0.192. The number of aliphatic hydroxyl groups excluding tert-OH is 1. The molecule has 1 fully saturated rings. The minimum absolute atomic E-state index is 0.0111. The molecule has 6 nitrogen and oxygen atoms in total. The third-order valence-electron chi connectivity index (χ3n) is 5.34. The molecule has 4 rings (SSSR count). The number of hydrogen-bond donors (Lipinski definition) is 1. The van der Waals surface area contributed by atoms with Crippen molar-refractivity contribution in [2.24, 2.45) is 0 Å². The average molecular weight is 428 g/mol. The van der Waals surface area contributed by atoms with Crippen LogP contribution < -0.4 is 9.64 Å². The van der Waals surface area contributed by atoms with E-state index < -0.39 is 17.7 Å². The van der Waals surface area contributed by atoms with Crippen molar-refractivity contribution in [3.8, 4) is 5.75 Å². The predicted octanol–water partition coefficient (Wildman–Crippen LogP) is 4.72. The summed E-state index contributed by atoms with van der Waals surface area (Å²) in [7, 11) is 0. The largest absolute Gasteiger partial charge is 0.507 e. The Hall–Kier alpha value is -3.93. The summed E-state index contributed by atoms with van der Waals surface area (Å²) in [5.74, 6) is -1.03. The van der Waals surface area contributed by atoms with E-state index in [4.69, 9.17) is 4.74 Å². The Morgan fingerprint density at radius 1 is 1.03 bits per heavy atom. The van der Waals surface area contributed by atoms with Crippen LogP contribution in [0.2, 0.25) is 0 Å². The second-order valence-corrected chi connectivity index (χ2v) is 7.73. The van der Waals surface area contributed by atoms with Crippen LogP contribution in [0.5, 0.6) is 5.75 Å². The highest BCUT2D eigenvalue weighted by Gasteiger charge is 2.47. The van der Waals surface area contributed by atoms with Crippen molar-refractivity contribution >= 4 is 23.1 Å². The van der Waals surface area contributed by atoms with Gasteiger partial charge >= 0.3 is 0 Å². The first-order valence-corrected chi connectivity index (χ1v) is 10.4. The van der Waals surface area contributed by atoms with Crippen LogP contribution in [0.1, 0.15) is 35.3 Å². The zero-order valence-corrected chi connectivity index (χ0v) is 18.2. The van der Waals surface area contributed by atoms with Crippen LogP contribution in [0, 0.1) is 13.8 Å². The van der Waals surface area contributed by atoms with Gasteiger partial charge in [0.1, 0.15) is 17.6 Å². The van der Waals surface area contributed by atoms with Crippen LogP contribution in [-0.2, 0) is 9.59 Å². The zero-order chi connectivity index (χ0) is 22.8. The van der Waals surface area contributed by atoms with Crippen LogP contribution in [0.25, 0.3) is 5.76 Å². The Morgan fingerprint density at radius 3 is 2.31 bits per heavy atom. The van der Waals surface area contributed by atoms with Gasteiger partial charge in [0, 0.05) is 17.4 Å². The number of carbonyl (C=O) groups excluding carboxylic acids is 2. The molecule has 0 bridgehead atoms. The second kappa shape index (κ2) is 8.67. The normalized spacial score (nSPS) is 17.6. The van der Waals surface area contributed by atoms with Gasteiger partial charge in [0.05, 0.1) is 17.9 Å². The topological polar surface area (TPSA) is 79.7 Å². The van der Waals surface area contributed by atoms with Crippen molar-refractivity contribution in [2.75, 3.05) is 11.5 Å². The molecule has 1 aliphatic rings. The maximum Gasteiger partial charge on any atom is 0.300 e. The lowest BCUT2D eigenvalue weighted by atomic mass is 9.98. The SMILES string of the molecule is CCOc1ccc(/C(O)=C2\C(=O)C(=O)N(c3cc(C)cc(C)c3)C2c2ccccn2)cc1. The molecule has 1 aromatic heterocycles. The molecular formula is C26H24N2O4. The van der Waals surface area contributed by atoms with E-state index in [1.54, 1.807) is 48.7 Å². The highest BCUT2D eigenvalue weighted by molar-refractivity contribution is 6.51. The second-order valence-electron chi connectivity index (χ2n) is 7.73. The van der Waals surface area contributed by atoms with Crippen LogP contribution in [0.3, 0.4) is 0 Å². The number of hydrogen-bond acceptors (Lipinski definition) is 5. The molecule has 6 heteroatoms. The van der Waals surface area contributed by atoms with Gasteiger partial charge in [0.25, 0.3) is 11.7 Å². The first-order chi connectivity index (χ1) is 15.4. The molecule has 3 aromatic rings. The number of nitrogens with zero attached hydrogens (tertiary/aromatic N) is 2. The molecule has 1 N–H and O–H groups in total. The minimum atomic E-state index is -0.844. The molecule has 162 valence electrons. The number of aliphatic hydroxyl groups is 1. The van der Waals surface area contributed by atoms with E-state index in [0.29, 0.717) is 29.3 Å². The number of pyridine rings is 1. The van der Waals surface area contributed by atoms with Gasteiger partial charge in [0.15, 0.2) is 0 Å². The van der Waals surface area contributed by atoms with Gasteiger partial charge in [-0.3, -0.25) is 19.5 Å². The van der Waals surface area contributed by atoms with E-state index in [2.05, 4.69) is 4.98 Å². The maximum absolute atomic E-state index is 13.2. The fourth-order valence-corrected chi connectivity index (χ4v) is 4.04. The number of carbonyl (C=O) groups is 2. The Balaban J connectivity index is 1.90. The summed E-state index contributed by atoms with van der Waals surface area (Å²) >= 11 is 0. The molecule has 32 heavy (non-hydrogen) atoms. The Morgan fingerprint density at radius 2 is 1.72 bits per heavy atom. The number of anilines is 1. The molecule has 0 aliphatic carbocycles. The molecule has 2 aromatic carbocycles. The molecule has 1 amide bonds. The van der Waals surface area contributed by atoms with Gasteiger partial charge < -0.3 is 9.84 Å². The summed E-state index contributed by atoms with van der Waals surface area (Å²) in [6.07, 6.45) is 1.60. The first-order valence-electron chi connectivity index (χ1n) is 10.4. The third-order valence-corrected chi connectivity index (χ3v) is 5.34. The molecule has 1 unspecified atom stereocenters. The number of aromatic nitrogens is 1. The van der Waals surface area contributed by atoms with Crippen LogP contribution in [0.4, 0.5) is 5.69 Å². The standard InChI is InChI=1S/C26H24N2O4/c1-4-32-20-10-8-18(9-11-20)24(29)22-23(21-7-5-6-12-27-21)28(26(31)25(22)30)19-14-16(2)13-17(3)15-19/h5-15,23,29H,4H2,1-3H3/b24-22+. The predicted molar refractivity (Wildman–Crippen MR) is 123 cm³/mol. The number of benzene rings is 2. The summed E-state index contributed by atoms with van der Waals surface area (Å²) in [6.45, 7) is 6.27. The lowest BCUT2D eigenvalue weighted by Gasteiger charge is -2.25. The van der Waals surface area contributed by atoms with E-state index in [0.717, 1.165) is 11.1 Å². The number of rotatable bonds is 5. The summed E-state index contributed by atoms with van der Waals surface area (Å²) in [4.78, 5) is 32.2. The Labute approximate surface area is 186 Å². The Bertz CT molecular complexity index is 1180. The van der Waals surface area contributed by atoms with Gasteiger partial charge in [-0.25, -0.2) is 0 Å². The van der Waals surface area contributed by atoms with Crippen molar-refractivity contribution in [3.63, 3.8) is 0 Å². The van der Waals surface area contributed by atoms with Crippen LogP contribution in [0.15, 0.2) is 72.4 Å². The number of aryl methyl sites for hydroxylation is 2. The highest BCUT2D eigenvalue weighted by Crippen LogP contribution is 2.42.